The quantitative estimate of drug-likeness (QED) is 0.504. The molecule has 0 aliphatic heterocycles. The third kappa shape index (κ3) is 6.46. The summed E-state index contributed by atoms with van der Waals surface area (Å²) in [5.74, 6) is 0.390. The van der Waals surface area contributed by atoms with Gasteiger partial charge in [0.15, 0.2) is 0 Å². The number of hydrogen-bond acceptors (Lipinski definition) is 5. The van der Waals surface area contributed by atoms with Crippen LogP contribution in [0.1, 0.15) is 23.7 Å². The zero-order valence-corrected chi connectivity index (χ0v) is 12.7. The Labute approximate surface area is 125 Å². The number of carbonyl (C=O) groups excluding carboxylic acids is 1. The van der Waals surface area contributed by atoms with Crippen LogP contribution < -0.4 is 15.8 Å². The number of carbonyl (C=O) groups is 1. The molecule has 1 amide bonds. The zero-order valence-electron chi connectivity index (χ0n) is 12.7. The smallest absolute Gasteiger partial charge is 0.251 e. The monoisotopic (exact) mass is 296 g/mol. The molecule has 0 spiro atoms. The van der Waals surface area contributed by atoms with Crippen molar-refractivity contribution >= 4 is 11.6 Å². The maximum atomic E-state index is 11.7. The normalized spacial score (nSPS) is 10.4. The van der Waals surface area contributed by atoms with E-state index >= 15 is 0 Å². The van der Waals surface area contributed by atoms with Crippen LogP contribution in [-0.2, 0) is 9.47 Å². The lowest BCUT2D eigenvalue weighted by Gasteiger charge is -2.11. The fourth-order valence-corrected chi connectivity index (χ4v) is 1.65. The molecule has 0 fully saturated rings. The SMILES string of the molecule is CCNC(=O)c1ccc(N)c(OCCCOCCOC)c1. The number of anilines is 1. The summed E-state index contributed by atoms with van der Waals surface area (Å²) in [6, 6.07) is 5.02. The van der Waals surface area contributed by atoms with Crippen LogP contribution >= 0.6 is 0 Å². The Kier molecular flexibility index (Phi) is 8.23. The second-order valence-corrected chi connectivity index (χ2v) is 4.42. The van der Waals surface area contributed by atoms with E-state index in [1.807, 2.05) is 6.92 Å². The van der Waals surface area contributed by atoms with Gasteiger partial charge in [0.25, 0.3) is 5.91 Å². The summed E-state index contributed by atoms with van der Waals surface area (Å²) in [5.41, 5.74) is 6.90. The summed E-state index contributed by atoms with van der Waals surface area (Å²) < 4.78 is 15.8. The summed E-state index contributed by atoms with van der Waals surface area (Å²) in [5, 5.41) is 2.74. The minimum absolute atomic E-state index is 0.134. The van der Waals surface area contributed by atoms with Crippen LogP contribution in [0.5, 0.6) is 5.75 Å². The molecule has 0 saturated heterocycles. The van der Waals surface area contributed by atoms with Gasteiger partial charge in [-0.25, -0.2) is 0 Å². The van der Waals surface area contributed by atoms with Crippen molar-refractivity contribution in [3.05, 3.63) is 23.8 Å². The predicted octanol–water partition coefficient (Wildman–Crippen LogP) is 1.45. The fourth-order valence-electron chi connectivity index (χ4n) is 1.65. The number of ether oxygens (including phenoxy) is 3. The first kappa shape index (κ1) is 17.3. The van der Waals surface area contributed by atoms with Gasteiger partial charge >= 0.3 is 0 Å². The van der Waals surface area contributed by atoms with Crippen molar-refractivity contribution in [3.63, 3.8) is 0 Å². The summed E-state index contributed by atoms with van der Waals surface area (Å²) in [4.78, 5) is 11.7. The average Bonchev–Trinajstić information content (AvgIpc) is 2.48. The van der Waals surface area contributed by atoms with Gasteiger partial charge in [-0.3, -0.25) is 4.79 Å². The van der Waals surface area contributed by atoms with Crippen LogP contribution in [0.15, 0.2) is 18.2 Å². The number of methoxy groups -OCH3 is 1. The summed E-state index contributed by atoms with van der Waals surface area (Å²) in [6.45, 7) is 4.69. The molecule has 0 aliphatic rings. The molecule has 118 valence electrons. The maximum Gasteiger partial charge on any atom is 0.251 e. The summed E-state index contributed by atoms with van der Waals surface area (Å²) in [6.07, 6.45) is 0.745. The number of benzene rings is 1. The van der Waals surface area contributed by atoms with Crippen molar-refractivity contribution in [1.29, 1.82) is 0 Å². The Hall–Kier alpha value is -1.79. The van der Waals surface area contributed by atoms with E-state index in [-0.39, 0.29) is 5.91 Å². The van der Waals surface area contributed by atoms with E-state index in [1.165, 1.54) is 0 Å². The molecule has 0 heterocycles. The molecule has 0 unspecified atom stereocenters. The fraction of sp³-hybridized carbons (Fsp3) is 0.533. The number of nitrogen functional groups attached to an aromatic ring is 1. The molecule has 0 saturated carbocycles. The first-order valence-corrected chi connectivity index (χ1v) is 7.06. The highest BCUT2D eigenvalue weighted by Gasteiger charge is 2.08. The van der Waals surface area contributed by atoms with Crippen LogP contribution in [0.4, 0.5) is 5.69 Å². The second kappa shape index (κ2) is 10.0. The van der Waals surface area contributed by atoms with Gasteiger partial charge in [0.1, 0.15) is 5.75 Å². The number of rotatable bonds is 10. The van der Waals surface area contributed by atoms with Crippen molar-refractivity contribution in [2.45, 2.75) is 13.3 Å². The molecule has 1 aromatic rings. The van der Waals surface area contributed by atoms with Gasteiger partial charge < -0.3 is 25.3 Å². The Bertz CT molecular complexity index is 438. The van der Waals surface area contributed by atoms with Crippen LogP contribution in [0, 0.1) is 0 Å². The van der Waals surface area contributed by atoms with Crippen molar-refractivity contribution in [1.82, 2.24) is 5.32 Å². The predicted molar refractivity (Wildman–Crippen MR) is 81.7 cm³/mol. The third-order valence-electron chi connectivity index (χ3n) is 2.74. The molecule has 21 heavy (non-hydrogen) atoms. The van der Waals surface area contributed by atoms with Gasteiger partial charge in [0.05, 0.1) is 25.5 Å². The largest absolute Gasteiger partial charge is 0.491 e. The number of hydrogen-bond donors (Lipinski definition) is 2. The lowest BCUT2D eigenvalue weighted by atomic mass is 10.2. The zero-order chi connectivity index (χ0) is 15.5. The van der Waals surface area contributed by atoms with Crippen LogP contribution in [0.25, 0.3) is 0 Å². The van der Waals surface area contributed by atoms with Crippen molar-refractivity contribution in [2.75, 3.05) is 45.8 Å². The van der Waals surface area contributed by atoms with Crippen molar-refractivity contribution in [2.24, 2.45) is 0 Å². The molecule has 1 aromatic carbocycles. The van der Waals surface area contributed by atoms with Gasteiger partial charge in [-0.1, -0.05) is 0 Å². The molecule has 0 bridgehead atoms. The number of amides is 1. The average molecular weight is 296 g/mol. The van der Waals surface area contributed by atoms with Crippen LogP contribution in [-0.4, -0.2) is 46.0 Å². The van der Waals surface area contributed by atoms with E-state index in [2.05, 4.69) is 5.32 Å². The maximum absolute atomic E-state index is 11.7. The number of nitrogens with two attached hydrogens (primary N) is 1. The molecule has 3 N–H and O–H groups in total. The second-order valence-electron chi connectivity index (χ2n) is 4.42. The van der Waals surface area contributed by atoms with Gasteiger partial charge in [-0.05, 0) is 25.1 Å². The standard InChI is InChI=1S/C15H24N2O4/c1-3-17-15(18)12-5-6-13(16)14(11-12)21-8-4-7-20-10-9-19-2/h5-6,11H,3-4,7-10,16H2,1-2H3,(H,17,18). The first-order chi connectivity index (χ1) is 10.2. The third-order valence-corrected chi connectivity index (χ3v) is 2.74. The van der Waals surface area contributed by atoms with Crippen LogP contribution in [0.2, 0.25) is 0 Å². The molecular formula is C15H24N2O4. The summed E-state index contributed by atoms with van der Waals surface area (Å²) in [7, 11) is 1.64. The highest BCUT2D eigenvalue weighted by Crippen LogP contribution is 2.22. The van der Waals surface area contributed by atoms with Gasteiger partial charge in [-0.15, -0.1) is 0 Å². The van der Waals surface area contributed by atoms with E-state index in [1.54, 1.807) is 25.3 Å². The Morgan fingerprint density at radius 3 is 2.76 bits per heavy atom. The molecule has 1 rings (SSSR count). The number of nitrogens with one attached hydrogen (secondary N) is 1. The molecule has 0 aliphatic carbocycles. The van der Waals surface area contributed by atoms with Gasteiger partial charge in [0.2, 0.25) is 0 Å². The van der Waals surface area contributed by atoms with E-state index in [0.717, 1.165) is 6.42 Å². The Morgan fingerprint density at radius 1 is 1.24 bits per heavy atom. The molecule has 0 radical (unpaired) electrons. The highest BCUT2D eigenvalue weighted by atomic mass is 16.5. The van der Waals surface area contributed by atoms with Crippen LogP contribution in [0.3, 0.4) is 0 Å². The molecule has 6 nitrogen and oxygen atoms in total. The molecule has 6 heteroatoms. The molecule has 0 aromatic heterocycles. The molecule has 0 atom stereocenters. The van der Waals surface area contributed by atoms with E-state index < -0.39 is 0 Å². The molecular weight excluding hydrogens is 272 g/mol. The van der Waals surface area contributed by atoms with E-state index in [0.29, 0.717) is 50.0 Å². The summed E-state index contributed by atoms with van der Waals surface area (Å²) >= 11 is 0. The Balaban J connectivity index is 2.40. The minimum atomic E-state index is -0.134. The van der Waals surface area contributed by atoms with Gasteiger partial charge in [-0.2, -0.15) is 0 Å². The topological polar surface area (TPSA) is 82.8 Å². The van der Waals surface area contributed by atoms with Gasteiger partial charge in [0, 0.05) is 32.2 Å². The Morgan fingerprint density at radius 2 is 2.05 bits per heavy atom. The van der Waals surface area contributed by atoms with Crippen molar-refractivity contribution < 1.29 is 19.0 Å². The minimum Gasteiger partial charge on any atom is -0.491 e. The van der Waals surface area contributed by atoms with E-state index in [9.17, 15) is 4.79 Å². The lowest BCUT2D eigenvalue weighted by Crippen LogP contribution is -2.22. The highest BCUT2D eigenvalue weighted by molar-refractivity contribution is 5.95. The first-order valence-electron chi connectivity index (χ1n) is 7.06. The lowest BCUT2D eigenvalue weighted by molar-refractivity contribution is 0.0644. The van der Waals surface area contributed by atoms with E-state index in [4.69, 9.17) is 19.9 Å². The van der Waals surface area contributed by atoms with Crippen molar-refractivity contribution in [3.8, 4) is 5.75 Å².